The van der Waals surface area contributed by atoms with Crippen LogP contribution >= 0.6 is 0 Å². The van der Waals surface area contributed by atoms with E-state index in [0.29, 0.717) is 0 Å². The van der Waals surface area contributed by atoms with E-state index >= 15 is 0 Å². The van der Waals surface area contributed by atoms with Gasteiger partial charge in [-0.1, -0.05) is 54.6 Å². The summed E-state index contributed by atoms with van der Waals surface area (Å²) in [5.41, 5.74) is 3.23. The third-order valence-electron chi connectivity index (χ3n) is 2.73. The van der Waals surface area contributed by atoms with Gasteiger partial charge in [-0.3, -0.25) is 5.10 Å². The molecule has 17 heavy (non-hydrogen) atoms. The first-order chi connectivity index (χ1) is 8.43. The summed E-state index contributed by atoms with van der Waals surface area (Å²) in [5.74, 6) is 0. The van der Waals surface area contributed by atoms with Crippen molar-refractivity contribution < 1.29 is 0 Å². The van der Waals surface area contributed by atoms with Crippen LogP contribution in [0.3, 0.4) is 0 Å². The second-order valence-corrected chi connectivity index (χ2v) is 3.90. The number of benzene rings is 2. The number of rotatable bonds is 2. The third kappa shape index (κ3) is 1.97. The van der Waals surface area contributed by atoms with Crippen molar-refractivity contribution in [2.45, 2.75) is 0 Å². The highest BCUT2D eigenvalue weighted by atomic mass is 15.1. The van der Waals surface area contributed by atoms with E-state index in [9.17, 15) is 0 Å². The van der Waals surface area contributed by atoms with E-state index in [1.54, 1.807) is 0 Å². The highest BCUT2D eigenvalue weighted by molar-refractivity contribution is 5.89. The van der Waals surface area contributed by atoms with E-state index in [2.05, 4.69) is 34.5 Å². The normalized spacial score (nSPS) is 11.3. The number of para-hydroxylation sites is 1. The number of hydrogen-bond acceptors (Lipinski definition) is 1. The Hall–Kier alpha value is -2.35. The van der Waals surface area contributed by atoms with E-state index in [4.69, 9.17) is 0 Å². The van der Waals surface area contributed by atoms with Crippen molar-refractivity contribution >= 4 is 23.1 Å². The topological polar surface area (TPSA) is 28.7 Å². The summed E-state index contributed by atoms with van der Waals surface area (Å²) >= 11 is 0. The first-order valence-electron chi connectivity index (χ1n) is 5.60. The molecule has 0 bridgehead atoms. The second-order valence-electron chi connectivity index (χ2n) is 3.90. The van der Waals surface area contributed by atoms with E-state index in [0.717, 1.165) is 16.6 Å². The molecule has 2 aromatic carbocycles. The lowest BCUT2D eigenvalue weighted by atomic mass is 10.1. The fourth-order valence-electron chi connectivity index (χ4n) is 1.85. The number of hydrogen-bond donors (Lipinski definition) is 1. The summed E-state index contributed by atoms with van der Waals surface area (Å²) in [6, 6.07) is 18.4. The molecule has 0 unspecified atom stereocenters. The minimum atomic E-state index is 0.976. The molecule has 0 aliphatic carbocycles. The number of aromatic amines is 1. The lowest BCUT2D eigenvalue weighted by Crippen LogP contribution is -1.73. The van der Waals surface area contributed by atoms with Gasteiger partial charge in [0.15, 0.2) is 0 Å². The Morgan fingerprint density at radius 1 is 0.824 bits per heavy atom. The maximum atomic E-state index is 4.30. The Bertz CT molecular complexity index is 651. The molecule has 2 heteroatoms. The molecule has 2 nitrogen and oxygen atoms in total. The van der Waals surface area contributed by atoms with Crippen LogP contribution in [0.2, 0.25) is 0 Å². The Labute approximate surface area is 99.6 Å². The van der Waals surface area contributed by atoms with Gasteiger partial charge in [0.25, 0.3) is 0 Å². The van der Waals surface area contributed by atoms with Crippen LogP contribution in [0.25, 0.3) is 23.1 Å². The summed E-state index contributed by atoms with van der Waals surface area (Å²) < 4.78 is 0. The Kier molecular flexibility index (Phi) is 2.47. The molecule has 0 aliphatic rings. The average Bonchev–Trinajstić information content (AvgIpc) is 2.81. The van der Waals surface area contributed by atoms with Crippen molar-refractivity contribution in [3.05, 3.63) is 65.9 Å². The van der Waals surface area contributed by atoms with Gasteiger partial charge in [0.2, 0.25) is 0 Å². The Balaban J connectivity index is 1.98. The van der Waals surface area contributed by atoms with Gasteiger partial charge in [0.1, 0.15) is 0 Å². The first kappa shape index (κ1) is 9.85. The van der Waals surface area contributed by atoms with Gasteiger partial charge < -0.3 is 0 Å². The molecule has 1 heterocycles. The van der Waals surface area contributed by atoms with Crippen molar-refractivity contribution in [1.82, 2.24) is 10.2 Å². The summed E-state index contributed by atoms with van der Waals surface area (Å²) in [6.07, 6.45) is 4.11. The molecule has 0 atom stereocenters. The average molecular weight is 220 g/mol. The smallest absolute Gasteiger partial charge is 0.0927 e. The minimum absolute atomic E-state index is 0.976. The van der Waals surface area contributed by atoms with E-state index in [1.807, 2.05) is 42.5 Å². The molecule has 1 N–H and O–H groups in total. The Morgan fingerprint density at radius 3 is 2.47 bits per heavy atom. The number of H-pyrrole nitrogens is 1. The summed E-state index contributed by atoms with van der Waals surface area (Å²) in [7, 11) is 0. The van der Waals surface area contributed by atoms with Gasteiger partial charge in [0, 0.05) is 5.39 Å². The Morgan fingerprint density at radius 2 is 1.59 bits per heavy atom. The van der Waals surface area contributed by atoms with E-state index < -0.39 is 0 Å². The van der Waals surface area contributed by atoms with Gasteiger partial charge >= 0.3 is 0 Å². The lowest BCUT2D eigenvalue weighted by Gasteiger charge is -1.91. The number of nitrogens with one attached hydrogen (secondary N) is 1. The molecule has 0 amide bonds. The summed E-state index contributed by atoms with van der Waals surface area (Å²) in [4.78, 5) is 0. The maximum Gasteiger partial charge on any atom is 0.0927 e. The van der Waals surface area contributed by atoms with Gasteiger partial charge in [-0.15, -0.1) is 0 Å². The van der Waals surface area contributed by atoms with Gasteiger partial charge in [-0.25, -0.2) is 0 Å². The van der Waals surface area contributed by atoms with Crippen molar-refractivity contribution in [3.8, 4) is 0 Å². The fraction of sp³-hybridized carbons (Fsp3) is 0. The van der Waals surface area contributed by atoms with Crippen LogP contribution in [0, 0.1) is 0 Å². The van der Waals surface area contributed by atoms with Crippen LogP contribution in [-0.2, 0) is 0 Å². The monoisotopic (exact) mass is 220 g/mol. The largest absolute Gasteiger partial charge is 0.277 e. The summed E-state index contributed by atoms with van der Waals surface area (Å²) in [6.45, 7) is 0. The quantitative estimate of drug-likeness (QED) is 0.700. The number of nitrogens with zero attached hydrogens (tertiary/aromatic N) is 1. The van der Waals surface area contributed by atoms with Crippen LogP contribution in [0.1, 0.15) is 11.3 Å². The maximum absolute atomic E-state index is 4.30. The standard InChI is InChI=1S/C15H12N2/c1-2-6-12(7-3-1)10-11-15-13-8-4-5-9-14(13)16-17-15/h1-11H,(H,16,17)/b11-10+. The van der Waals surface area contributed by atoms with Crippen LogP contribution < -0.4 is 0 Å². The van der Waals surface area contributed by atoms with Crippen LogP contribution in [0.15, 0.2) is 54.6 Å². The fourth-order valence-corrected chi connectivity index (χ4v) is 1.85. The zero-order valence-electron chi connectivity index (χ0n) is 9.30. The molecule has 3 aromatic rings. The molecule has 0 radical (unpaired) electrons. The van der Waals surface area contributed by atoms with Crippen molar-refractivity contribution in [1.29, 1.82) is 0 Å². The molecule has 82 valence electrons. The summed E-state index contributed by atoms with van der Waals surface area (Å²) in [5, 5.41) is 8.47. The van der Waals surface area contributed by atoms with Crippen LogP contribution in [-0.4, -0.2) is 10.2 Å². The zero-order chi connectivity index (χ0) is 11.5. The molecule has 1 aromatic heterocycles. The van der Waals surface area contributed by atoms with Crippen LogP contribution in [0.5, 0.6) is 0 Å². The van der Waals surface area contributed by atoms with Gasteiger partial charge in [0.05, 0.1) is 11.2 Å². The SMILES string of the molecule is C(=C\c1n[nH]c2ccccc12)/c1ccccc1. The molecule has 0 saturated heterocycles. The van der Waals surface area contributed by atoms with Crippen molar-refractivity contribution in [3.63, 3.8) is 0 Å². The van der Waals surface area contributed by atoms with Gasteiger partial charge in [-0.2, -0.15) is 5.10 Å². The number of fused-ring (bicyclic) bond motifs is 1. The molecule has 0 aliphatic heterocycles. The highest BCUT2D eigenvalue weighted by Crippen LogP contribution is 2.17. The lowest BCUT2D eigenvalue weighted by molar-refractivity contribution is 1.11. The third-order valence-corrected chi connectivity index (χ3v) is 2.73. The zero-order valence-corrected chi connectivity index (χ0v) is 9.30. The predicted octanol–water partition coefficient (Wildman–Crippen LogP) is 3.73. The van der Waals surface area contributed by atoms with Crippen molar-refractivity contribution in [2.24, 2.45) is 0 Å². The number of aromatic nitrogens is 2. The molecule has 0 spiro atoms. The van der Waals surface area contributed by atoms with E-state index in [-0.39, 0.29) is 0 Å². The molecule has 0 fully saturated rings. The molecule has 3 rings (SSSR count). The molecular formula is C15H12N2. The van der Waals surface area contributed by atoms with Gasteiger partial charge in [-0.05, 0) is 17.7 Å². The predicted molar refractivity (Wildman–Crippen MR) is 71.5 cm³/mol. The molecule has 0 saturated carbocycles. The van der Waals surface area contributed by atoms with Crippen molar-refractivity contribution in [2.75, 3.05) is 0 Å². The van der Waals surface area contributed by atoms with E-state index in [1.165, 1.54) is 5.56 Å². The minimum Gasteiger partial charge on any atom is -0.277 e. The van der Waals surface area contributed by atoms with Crippen LogP contribution in [0.4, 0.5) is 0 Å². The molecular weight excluding hydrogens is 208 g/mol. The first-order valence-corrected chi connectivity index (χ1v) is 5.60. The highest BCUT2D eigenvalue weighted by Gasteiger charge is 2.00. The second kappa shape index (κ2) is 4.26.